The molecule has 0 unspecified atom stereocenters. The second-order valence-electron chi connectivity index (χ2n) is 4.94. The first kappa shape index (κ1) is 16.8. The Balaban J connectivity index is 1.88. The average Bonchev–Trinajstić information content (AvgIpc) is 2.59. The van der Waals surface area contributed by atoms with Crippen LogP contribution in [0.2, 0.25) is 10.0 Å². The van der Waals surface area contributed by atoms with E-state index in [1.165, 1.54) is 0 Å². The van der Waals surface area contributed by atoms with Crippen LogP contribution in [0.3, 0.4) is 0 Å². The molecule has 3 aromatic carbocycles. The number of nitrogens with two attached hydrogens (primary N) is 1. The van der Waals surface area contributed by atoms with Crippen molar-refractivity contribution in [3.05, 3.63) is 64.6 Å². The Bertz CT molecular complexity index is 917. The van der Waals surface area contributed by atoms with E-state index in [-0.39, 0.29) is 5.11 Å². The normalized spacial score (nSPS) is 10.5. The lowest BCUT2D eigenvalue weighted by molar-refractivity contribution is 0.484. The number of anilines is 1. The third-order valence-corrected chi connectivity index (χ3v) is 4.27. The summed E-state index contributed by atoms with van der Waals surface area (Å²) in [5, 5.41) is 6.11. The molecule has 0 bridgehead atoms. The topological polar surface area (TPSA) is 59.3 Å². The summed E-state index contributed by atoms with van der Waals surface area (Å²) in [5.74, 6) is 6.26. The number of nitrogens with one attached hydrogen (secondary N) is 2. The third-order valence-electron chi connectivity index (χ3n) is 3.37. The van der Waals surface area contributed by atoms with E-state index in [0.717, 1.165) is 10.8 Å². The maximum atomic E-state index is 6.44. The fourth-order valence-corrected chi connectivity index (χ4v) is 2.85. The van der Waals surface area contributed by atoms with Gasteiger partial charge in [0.15, 0.2) is 5.11 Å². The third kappa shape index (κ3) is 3.55. The number of thiocarbonyl (C=S) groups is 1. The van der Waals surface area contributed by atoms with Crippen LogP contribution in [-0.2, 0) is 0 Å². The van der Waals surface area contributed by atoms with Crippen LogP contribution in [0.4, 0.5) is 5.69 Å². The monoisotopic (exact) mass is 377 g/mol. The summed E-state index contributed by atoms with van der Waals surface area (Å²) in [6.45, 7) is 0. The highest BCUT2D eigenvalue weighted by Gasteiger charge is 2.10. The van der Waals surface area contributed by atoms with Crippen molar-refractivity contribution in [1.82, 2.24) is 5.43 Å². The van der Waals surface area contributed by atoms with Crippen molar-refractivity contribution < 1.29 is 4.74 Å². The maximum absolute atomic E-state index is 6.44. The van der Waals surface area contributed by atoms with Crippen LogP contribution in [0.25, 0.3) is 10.8 Å². The first-order chi connectivity index (χ1) is 11.6. The molecule has 0 aliphatic rings. The molecule has 3 rings (SSSR count). The van der Waals surface area contributed by atoms with Crippen molar-refractivity contribution in [2.75, 3.05) is 5.32 Å². The molecule has 0 amide bonds. The minimum absolute atomic E-state index is 0.289. The van der Waals surface area contributed by atoms with Gasteiger partial charge in [-0.05, 0) is 41.9 Å². The number of hydrogen-bond donors (Lipinski definition) is 3. The first-order valence-corrected chi connectivity index (χ1v) is 8.17. The lowest BCUT2D eigenvalue weighted by Gasteiger charge is -2.13. The number of fused-ring (bicyclic) bond motifs is 1. The van der Waals surface area contributed by atoms with Gasteiger partial charge in [-0.2, -0.15) is 0 Å². The minimum Gasteiger partial charge on any atom is -0.454 e. The fraction of sp³-hybridized carbons (Fsp3) is 0. The molecule has 3 aromatic rings. The number of ether oxygens (including phenoxy) is 1. The van der Waals surface area contributed by atoms with Gasteiger partial charge in [-0.25, -0.2) is 5.84 Å². The quantitative estimate of drug-likeness (QED) is 0.336. The number of halogens is 2. The molecule has 0 saturated carbocycles. The Kier molecular flexibility index (Phi) is 5.06. The van der Waals surface area contributed by atoms with E-state index in [4.69, 9.17) is 46.0 Å². The van der Waals surface area contributed by atoms with Crippen molar-refractivity contribution in [3.8, 4) is 11.5 Å². The Morgan fingerprint density at radius 3 is 2.50 bits per heavy atom. The van der Waals surface area contributed by atoms with E-state index >= 15 is 0 Å². The van der Waals surface area contributed by atoms with Crippen molar-refractivity contribution >= 4 is 57.0 Å². The molecule has 24 heavy (non-hydrogen) atoms. The maximum Gasteiger partial charge on any atom is 0.185 e. The van der Waals surface area contributed by atoms with Gasteiger partial charge < -0.3 is 15.5 Å². The summed E-state index contributed by atoms with van der Waals surface area (Å²) in [6.07, 6.45) is 0. The molecule has 0 saturated heterocycles. The summed E-state index contributed by atoms with van der Waals surface area (Å²) in [4.78, 5) is 0. The Hall–Kier alpha value is -2.05. The lowest BCUT2D eigenvalue weighted by Crippen LogP contribution is -2.34. The summed E-state index contributed by atoms with van der Waals surface area (Å²) in [6, 6.07) is 16.8. The van der Waals surface area contributed by atoms with E-state index in [0.29, 0.717) is 27.2 Å². The van der Waals surface area contributed by atoms with E-state index in [2.05, 4.69) is 10.7 Å². The van der Waals surface area contributed by atoms with Crippen molar-refractivity contribution in [1.29, 1.82) is 0 Å². The Morgan fingerprint density at radius 2 is 1.75 bits per heavy atom. The molecule has 0 heterocycles. The highest BCUT2D eigenvalue weighted by atomic mass is 35.5. The average molecular weight is 378 g/mol. The van der Waals surface area contributed by atoms with E-state index in [1.54, 1.807) is 18.2 Å². The number of hydrogen-bond acceptors (Lipinski definition) is 3. The molecule has 0 aliphatic carbocycles. The number of rotatable bonds is 3. The molecule has 0 aliphatic heterocycles. The predicted molar refractivity (Wildman–Crippen MR) is 104 cm³/mol. The molecule has 4 N–H and O–H groups in total. The van der Waals surface area contributed by atoms with Gasteiger partial charge >= 0.3 is 0 Å². The molecule has 7 heteroatoms. The molecular formula is C17H13Cl2N3OS. The summed E-state index contributed by atoms with van der Waals surface area (Å²) >= 11 is 17.7. The predicted octanol–water partition coefficient (Wildman–Crippen LogP) is 5.10. The second-order valence-corrected chi connectivity index (χ2v) is 6.14. The van der Waals surface area contributed by atoms with Crippen molar-refractivity contribution in [2.24, 2.45) is 5.84 Å². The van der Waals surface area contributed by atoms with Crippen LogP contribution in [0, 0.1) is 0 Å². The summed E-state index contributed by atoms with van der Waals surface area (Å²) in [7, 11) is 0. The lowest BCUT2D eigenvalue weighted by atomic mass is 10.1. The van der Waals surface area contributed by atoms with E-state index in [1.807, 2.05) is 36.4 Å². The van der Waals surface area contributed by atoms with E-state index in [9.17, 15) is 0 Å². The van der Waals surface area contributed by atoms with Gasteiger partial charge in [0.05, 0.1) is 10.0 Å². The van der Waals surface area contributed by atoms with Crippen molar-refractivity contribution in [2.45, 2.75) is 0 Å². The summed E-state index contributed by atoms with van der Waals surface area (Å²) in [5.41, 5.74) is 3.03. The Morgan fingerprint density at radius 1 is 1.00 bits per heavy atom. The van der Waals surface area contributed by atoms with Crippen LogP contribution < -0.4 is 21.3 Å². The second kappa shape index (κ2) is 7.23. The molecule has 122 valence electrons. The van der Waals surface area contributed by atoms with Crippen LogP contribution in [0.1, 0.15) is 0 Å². The largest absolute Gasteiger partial charge is 0.454 e. The molecule has 0 radical (unpaired) electrons. The zero-order valence-electron chi connectivity index (χ0n) is 12.3. The van der Waals surface area contributed by atoms with Gasteiger partial charge in [0.1, 0.15) is 11.5 Å². The zero-order chi connectivity index (χ0) is 17.1. The van der Waals surface area contributed by atoms with Crippen molar-refractivity contribution in [3.63, 3.8) is 0 Å². The number of hydrazine groups is 1. The van der Waals surface area contributed by atoms with E-state index < -0.39 is 0 Å². The van der Waals surface area contributed by atoms with Gasteiger partial charge in [-0.15, -0.1) is 0 Å². The molecular weight excluding hydrogens is 365 g/mol. The SMILES string of the molecule is NNC(=S)Nc1ccc(Oc2ccc3ccccc3c2Cl)c(Cl)c1. The zero-order valence-corrected chi connectivity index (χ0v) is 14.7. The molecule has 0 aromatic heterocycles. The van der Waals surface area contributed by atoms with Gasteiger partial charge in [-0.3, -0.25) is 0 Å². The van der Waals surface area contributed by atoms with Crippen LogP contribution >= 0.6 is 35.4 Å². The van der Waals surface area contributed by atoms with Crippen LogP contribution in [-0.4, -0.2) is 5.11 Å². The number of benzene rings is 3. The molecule has 0 spiro atoms. The van der Waals surface area contributed by atoms with Crippen LogP contribution in [0.15, 0.2) is 54.6 Å². The fourth-order valence-electron chi connectivity index (χ4n) is 2.24. The van der Waals surface area contributed by atoms with Gasteiger partial charge in [0.2, 0.25) is 0 Å². The highest BCUT2D eigenvalue weighted by molar-refractivity contribution is 7.80. The molecule has 0 fully saturated rings. The standard InChI is InChI=1S/C17H13Cl2N3OS/c18-13-9-11(21-17(24)22-20)6-8-14(13)23-15-7-5-10-3-1-2-4-12(10)16(15)19/h1-9H,20H2,(H2,21,22,24). The first-order valence-electron chi connectivity index (χ1n) is 7.01. The smallest absolute Gasteiger partial charge is 0.185 e. The van der Waals surface area contributed by atoms with Gasteiger partial charge in [0.25, 0.3) is 0 Å². The molecule has 0 atom stereocenters. The van der Waals surface area contributed by atoms with Crippen LogP contribution in [0.5, 0.6) is 11.5 Å². The van der Waals surface area contributed by atoms with Gasteiger partial charge in [-0.1, -0.05) is 53.5 Å². The minimum atomic E-state index is 0.289. The summed E-state index contributed by atoms with van der Waals surface area (Å²) < 4.78 is 5.87. The molecule has 4 nitrogen and oxygen atoms in total. The Labute approximate surface area is 154 Å². The highest BCUT2D eigenvalue weighted by Crippen LogP contribution is 2.38. The van der Waals surface area contributed by atoms with Gasteiger partial charge in [0, 0.05) is 11.1 Å².